The lowest BCUT2D eigenvalue weighted by molar-refractivity contribution is 0.336. The van der Waals surface area contributed by atoms with Crippen LogP contribution in [0.2, 0.25) is 0 Å². The zero-order chi connectivity index (χ0) is 16.4. The highest BCUT2D eigenvalue weighted by atomic mass is 32.2. The molecule has 3 rings (SSSR count). The maximum absolute atomic E-state index is 13.1. The summed E-state index contributed by atoms with van der Waals surface area (Å²) >= 11 is 0. The van der Waals surface area contributed by atoms with E-state index in [1.54, 1.807) is 29.7 Å². The van der Waals surface area contributed by atoms with Gasteiger partial charge in [0.15, 0.2) is 0 Å². The minimum Gasteiger partial charge on any atom is -0.255 e. The monoisotopic (exact) mass is 332 g/mol. The fraction of sp³-hybridized carbons (Fsp3) is 0.500. The Balaban J connectivity index is 2.02. The summed E-state index contributed by atoms with van der Waals surface area (Å²) in [7, 11) is -1.80. The molecule has 5 heteroatoms. The fourth-order valence-corrected chi connectivity index (χ4v) is 5.00. The Labute approximate surface area is 138 Å². The third-order valence-electron chi connectivity index (χ3n) is 4.81. The Morgan fingerprint density at radius 1 is 1.13 bits per heavy atom. The molecule has 1 heterocycles. The van der Waals surface area contributed by atoms with Gasteiger partial charge in [0, 0.05) is 24.7 Å². The van der Waals surface area contributed by atoms with Crippen molar-refractivity contribution < 1.29 is 8.42 Å². The number of aromatic nitrogens is 1. The number of hydrogen-bond donors (Lipinski definition) is 0. The second-order valence-corrected chi connectivity index (χ2v) is 8.47. The number of aryl methyl sites for hydroxylation is 1. The van der Waals surface area contributed by atoms with Gasteiger partial charge in [0.05, 0.1) is 5.52 Å². The van der Waals surface area contributed by atoms with Gasteiger partial charge >= 0.3 is 0 Å². The van der Waals surface area contributed by atoms with E-state index in [-0.39, 0.29) is 6.04 Å². The smallest absolute Gasteiger partial charge is 0.245 e. The van der Waals surface area contributed by atoms with Gasteiger partial charge in [-0.05, 0) is 37.5 Å². The Morgan fingerprint density at radius 3 is 2.52 bits per heavy atom. The number of nitrogens with zero attached hydrogens (tertiary/aromatic N) is 2. The van der Waals surface area contributed by atoms with Crippen molar-refractivity contribution in [3.8, 4) is 0 Å². The number of para-hydroxylation sites is 1. The van der Waals surface area contributed by atoms with Crippen molar-refractivity contribution in [1.29, 1.82) is 0 Å². The first-order valence-corrected chi connectivity index (χ1v) is 9.77. The normalized spacial score (nSPS) is 17.5. The molecule has 124 valence electrons. The molecule has 0 radical (unpaired) electrons. The Kier molecular flexibility index (Phi) is 4.69. The van der Waals surface area contributed by atoms with Crippen molar-refractivity contribution in [2.75, 3.05) is 7.05 Å². The average Bonchev–Trinajstić information content (AvgIpc) is 2.82. The molecule has 1 fully saturated rings. The lowest BCUT2D eigenvalue weighted by atomic mass is 10.1. The molecule has 1 aliphatic rings. The second-order valence-electron chi connectivity index (χ2n) is 6.51. The molecule has 1 aromatic carbocycles. The SMILES string of the molecule is Cc1cnc2c(S(=O)(=O)N(C)C3CCCCCC3)cccc2c1. The van der Waals surface area contributed by atoms with Gasteiger partial charge in [-0.1, -0.05) is 37.8 Å². The van der Waals surface area contributed by atoms with Gasteiger partial charge in [-0.15, -0.1) is 0 Å². The van der Waals surface area contributed by atoms with Crippen LogP contribution in [0.3, 0.4) is 0 Å². The largest absolute Gasteiger partial charge is 0.255 e. The Morgan fingerprint density at radius 2 is 1.83 bits per heavy atom. The number of pyridine rings is 1. The van der Waals surface area contributed by atoms with Gasteiger partial charge in [0.25, 0.3) is 0 Å². The minimum absolute atomic E-state index is 0.100. The zero-order valence-corrected chi connectivity index (χ0v) is 14.6. The highest BCUT2D eigenvalue weighted by molar-refractivity contribution is 7.89. The van der Waals surface area contributed by atoms with Gasteiger partial charge in [0.1, 0.15) is 4.90 Å². The Bertz CT molecular complexity index is 794. The number of hydrogen-bond acceptors (Lipinski definition) is 3. The van der Waals surface area contributed by atoms with Crippen LogP contribution in [-0.2, 0) is 10.0 Å². The molecule has 1 aromatic heterocycles. The van der Waals surface area contributed by atoms with Crippen molar-refractivity contribution in [1.82, 2.24) is 9.29 Å². The van der Waals surface area contributed by atoms with E-state index in [1.807, 2.05) is 19.1 Å². The predicted octanol–water partition coefficient (Wildman–Crippen LogP) is 3.89. The van der Waals surface area contributed by atoms with Crippen LogP contribution < -0.4 is 0 Å². The summed E-state index contributed by atoms with van der Waals surface area (Å²) in [6.07, 6.45) is 8.26. The third kappa shape index (κ3) is 3.26. The van der Waals surface area contributed by atoms with Gasteiger partial charge in [-0.25, -0.2) is 8.42 Å². The summed E-state index contributed by atoms with van der Waals surface area (Å²) in [6.45, 7) is 1.96. The topological polar surface area (TPSA) is 50.3 Å². The zero-order valence-electron chi connectivity index (χ0n) is 13.8. The summed E-state index contributed by atoms with van der Waals surface area (Å²) in [5.41, 5.74) is 1.60. The molecule has 1 aliphatic carbocycles. The molecule has 0 aliphatic heterocycles. The van der Waals surface area contributed by atoms with E-state index in [2.05, 4.69) is 4.98 Å². The number of rotatable bonds is 3. The molecular formula is C18H24N2O2S. The maximum Gasteiger partial charge on any atom is 0.245 e. The molecule has 0 unspecified atom stereocenters. The molecule has 0 bridgehead atoms. The number of benzene rings is 1. The summed E-state index contributed by atoms with van der Waals surface area (Å²) < 4.78 is 27.8. The lowest BCUT2D eigenvalue weighted by Gasteiger charge is -2.26. The van der Waals surface area contributed by atoms with Crippen molar-refractivity contribution in [3.05, 3.63) is 36.0 Å². The van der Waals surface area contributed by atoms with E-state index in [0.29, 0.717) is 10.4 Å². The third-order valence-corrected chi connectivity index (χ3v) is 6.75. The van der Waals surface area contributed by atoms with Crippen LogP contribution in [-0.4, -0.2) is 30.8 Å². The quantitative estimate of drug-likeness (QED) is 0.801. The van der Waals surface area contributed by atoms with Crippen molar-refractivity contribution >= 4 is 20.9 Å². The van der Waals surface area contributed by atoms with Gasteiger partial charge in [-0.2, -0.15) is 4.31 Å². The molecular weight excluding hydrogens is 308 g/mol. The van der Waals surface area contributed by atoms with Crippen LogP contribution in [0.4, 0.5) is 0 Å². The van der Waals surface area contributed by atoms with Crippen LogP contribution >= 0.6 is 0 Å². The van der Waals surface area contributed by atoms with Gasteiger partial charge in [-0.3, -0.25) is 4.98 Å². The predicted molar refractivity (Wildman–Crippen MR) is 92.9 cm³/mol. The van der Waals surface area contributed by atoms with E-state index in [0.717, 1.165) is 36.6 Å². The maximum atomic E-state index is 13.1. The van der Waals surface area contributed by atoms with Crippen LogP contribution in [0, 0.1) is 6.92 Å². The first-order valence-electron chi connectivity index (χ1n) is 8.33. The first-order chi connectivity index (χ1) is 11.0. The van der Waals surface area contributed by atoms with Crippen LogP contribution in [0.25, 0.3) is 10.9 Å². The molecule has 0 amide bonds. The van der Waals surface area contributed by atoms with E-state index < -0.39 is 10.0 Å². The van der Waals surface area contributed by atoms with Crippen molar-refractivity contribution in [2.24, 2.45) is 0 Å². The Hall–Kier alpha value is -1.46. The highest BCUT2D eigenvalue weighted by Crippen LogP contribution is 2.29. The molecule has 0 saturated heterocycles. The molecule has 2 aromatic rings. The van der Waals surface area contributed by atoms with Gasteiger partial charge < -0.3 is 0 Å². The van der Waals surface area contributed by atoms with E-state index in [4.69, 9.17) is 0 Å². The summed E-state index contributed by atoms with van der Waals surface area (Å²) in [6, 6.07) is 7.47. The minimum atomic E-state index is -3.52. The van der Waals surface area contributed by atoms with Crippen LogP contribution in [0.5, 0.6) is 0 Å². The molecule has 0 spiro atoms. The highest BCUT2D eigenvalue weighted by Gasteiger charge is 2.30. The van der Waals surface area contributed by atoms with Crippen LogP contribution in [0.15, 0.2) is 35.4 Å². The first kappa shape index (κ1) is 16.4. The molecule has 0 atom stereocenters. The second kappa shape index (κ2) is 6.57. The fourth-order valence-electron chi connectivity index (χ4n) is 3.42. The van der Waals surface area contributed by atoms with E-state index >= 15 is 0 Å². The lowest BCUT2D eigenvalue weighted by Crippen LogP contribution is -2.36. The number of fused-ring (bicyclic) bond motifs is 1. The molecule has 1 saturated carbocycles. The molecule has 0 N–H and O–H groups in total. The summed E-state index contributed by atoms with van der Waals surface area (Å²) in [5, 5.41) is 0.875. The van der Waals surface area contributed by atoms with Crippen LogP contribution in [0.1, 0.15) is 44.1 Å². The molecule has 23 heavy (non-hydrogen) atoms. The summed E-state index contributed by atoms with van der Waals surface area (Å²) in [5.74, 6) is 0. The standard InChI is InChI=1S/C18H24N2O2S/c1-14-12-15-8-7-11-17(18(15)19-13-14)23(21,22)20(2)16-9-5-3-4-6-10-16/h7-8,11-13,16H,3-6,9-10H2,1-2H3. The van der Waals surface area contributed by atoms with E-state index in [9.17, 15) is 8.42 Å². The summed E-state index contributed by atoms with van der Waals surface area (Å²) in [4.78, 5) is 4.71. The number of sulfonamides is 1. The van der Waals surface area contributed by atoms with Crippen molar-refractivity contribution in [2.45, 2.75) is 56.4 Å². The van der Waals surface area contributed by atoms with E-state index in [1.165, 1.54) is 12.8 Å². The van der Waals surface area contributed by atoms with Gasteiger partial charge in [0.2, 0.25) is 10.0 Å². The van der Waals surface area contributed by atoms with Crippen molar-refractivity contribution in [3.63, 3.8) is 0 Å². The molecule has 4 nitrogen and oxygen atoms in total. The average molecular weight is 332 g/mol.